The second-order valence-electron chi connectivity index (χ2n) is 3.89. The topological polar surface area (TPSA) is 56.8 Å². The predicted molar refractivity (Wildman–Crippen MR) is 67.1 cm³/mol. The number of rotatable bonds is 2. The molecule has 0 aromatic heterocycles. The van der Waals surface area contributed by atoms with E-state index >= 15 is 0 Å². The second-order valence-corrected chi connectivity index (χ2v) is 3.89. The fourth-order valence-electron chi connectivity index (χ4n) is 1.68. The first-order valence-electron chi connectivity index (χ1n) is 5.53. The van der Waals surface area contributed by atoms with Gasteiger partial charge in [-0.3, -0.25) is 0 Å². The van der Waals surface area contributed by atoms with E-state index in [1.807, 2.05) is 6.07 Å². The first kappa shape index (κ1) is 12.6. The number of para-hydroxylation sites is 1. The predicted octanol–water partition coefficient (Wildman–Crippen LogP) is 3.67. The van der Waals surface area contributed by atoms with Crippen molar-refractivity contribution >= 4 is 0 Å². The normalized spacial score (nSPS) is 9.47. The fraction of sp³-hybridized carbons (Fsp3) is 0.0667. The summed E-state index contributed by atoms with van der Waals surface area (Å²) in [6, 6.07) is 13.0. The highest BCUT2D eigenvalue weighted by atomic mass is 19.1. The minimum absolute atomic E-state index is 0.105. The lowest BCUT2D eigenvalue weighted by molar-refractivity contribution is 0.469. The third kappa shape index (κ3) is 2.38. The van der Waals surface area contributed by atoms with Gasteiger partial charge in [0.25, 0.3) is 0 Å². The maximum absolute atomic E-state index is 13.5. The van der Waals surface area contributed by atoms with Crippen molar-refractivity contribution in [2.24, 2.45) is 0 Å². The van der Waals surface area contributed by atoms with Crippen molar-refractivity contribution in [1.82, 2.24) is 0 Å². The van der Waals surface area contributed by atoms with Crippen molar-refractivity contribution in [3.8, 4) is 23.6 Å². The minimum atomic E-state index is -0.646. The number of benzene rings is 2. The first-order valence-corrected chi connectivity index (χ1v) is 5.53. The van der Waals surface area contributed by atoms with Gasteiger partial charge < -0.3 is 4.74 Å². The SMILES string of the molecule is Cc1cccc(C#N)c1Oc1cccc(F)c1C#N. The summed E-state index contributed by atoms with van der Waals surface area (Å²) in [5.74, 6) is -0.201. The van der Waals surface area contributed by atoms with Crippen LogP contribution in [-0.2, 0) is 0 Å². The molecule has 0 N–H and O–H groups in total. The average Bonchev–Trinajstić information content (AvgIpc) is 2.41. The Morgan fingerprint density at radius 2 is 1.79 bits per heavy atom. The van der Waals surface area contributed by atoms with Crippen LogP contribution in [0.5, 0.6) is 11.5 Å². The Morgan fingerprint density at radius 1 is 1.05 bits per heavy atom. The maximum Gasteiger partial charge on any atom is 0.148 e. The van der Waals surface area contributed by atoms with Crippen LogP contribution in [0, 0.1) is 35.4 Å². The van der Waals surface area contributed by atoms with Gasteiger partial charge in [0.05, 0.1) is 5.56 Å². The highest BCUT2D eigenvalue weighted by Gasteiger charge is 2.13. The van der Waals surface area contributed by atoms with Crippen molar-refractivity contribution < 1.29 is 9.13 Å². The van der Waals surface area contributed by atoms with Crippen LogP contribution in [0.25, 0.3) is 0 Å². The van der Waals surface area contributed by atoms with Gasteiger partial charge in [-0.2, -0.15) is 10.5 Å². The molecule has 2 aromatic carbocycles. The molecule has 2 rings (SSSR count). The van der Waals surface area contributed by atoms with E-state index in [9.17, 15) is 4.39 Å². The van der Waals surface area contributed by atoms with E-state index in [-0.39, 0.29) is 11.3 Å². The molecule has 4 heteroatoms. The summed E-state index contributed by atoms with van der Waals surface area (Å²) in [4.78, 5) is 0. The summed E-state index contributed by atoms with van der Waals surface area (Å²) >= 11 is 0. The third-order valence-corrected chi connectivity index (χ3v) is 2.63. The zero-order valence-electron chi connectivity index (χ0n) is 10.1. The molecule has 92 valence electrons. The largest absolute Gasteiger partial charge is 0.454 e. The molecule has 0 amide bonds. The molecule has 0 fully saturated rings. The van der Waals surface area contributed by atoms with Gasteiger partial charge >= 0.3 is 0 Å². The Kier molecular flexibility index (Phi) is 3.45. The number of hydrogen-bond acceptors (Lipinski definition) is 3. The van der Waals surface area contributed by atoms with Crippen molar-refractivity contribution in [2.75, 3.05) is 0 Å². The van der Waals surface area contributed by atoms with Crippen molar-refractivity contribution in [2.45, 2.75) is 6.92 Å². The molecule has 0 aliphatic carbocycles. The molecule has 0 unspecified atom stereocenters. The summed E-state index contributed by atoms with van der Waals surface area (Å²) < 4.78 is 19.0. The van der Waals surface area contributed by atoms with E-state index < -0.39 is 5.82 Å². The molecule has 0 spiro atoms. The lowest BCUT2D eigenvalue weighted by atomic mass is 10.1. The van der Waals surface area contributed by atoms with Gasteiger partial charge in [-0.05, 0) is 30.7 Å². The molecule has 0 aliphatic heterocycles. The van der Waals surface area contributed by atoms with Crippen molar-refractivity contribution in [3.63, 3.8) is 0 Å². The zero-order chi connectivity index (χ0) is 13.8. The Balaban J connectivity index is 2.52. The van der Waals surface area contributed by atoms with Crippen LogP contribution in [0.3, 0.4) is 0 Å². The number of aryl methyl sites for hydroxylation is 1. The quantitative estimate of drug-likeness (QED) is 0.819. The number of ether oxygens (including phenoxy) is 1. The summed E-state index contributed by atoms with van der Waals surface area (Å²) in [6.45, 7) is 1.78. The maximum atomic E-state index is 13.5. The molecule has 2 aromatic rings. The van der Waals surface area contributed by atoms with Crippen molar-refractivity contribution in [3.05, 3.63) is 58.9 Å². The highest BCUT2D eigenvalue weighted by molar-refractivity contribution is 5.52. The number of nitrogens with zero attached hydrogens (tertiary/aromatic N) is 2. The van der Waals surface area contributed by atoms with Crippen LogP contribution < -0.4 is 4.74 Å². The van der Waals surface area contributed by atoms with Gasteiger partial charge in [-0.1, -0.05) is 18.2 Å². The lowest BCUT2D eigenvalue weighted by Crippen LogP contribution is -1.95. The highest BCUT2D eigenvalue weighted by Crippen LogP contribution is 2.31. The van der Waals surface area contributed by atoms with E-state index in [1.54, 1.807) is 31.2 Å². The molecular formula is C15H9FN2O. The average molecular weight is 252 g/mol. The van der Waals surface area contributed by atoms with E-state index in [0.29, 0.717) is 11.3 Å². The fourth-order valence-corrected chi connectivity index (χ4v) is 1.68. The van der Waals surface area contributed by atoms with Crippen LogP contribution in [0.4, 0.5) is 4.39 Å². The van der Waals surface area contributed by atoms with E-state index in [2.05, 4.69) is 0 Å². The smallest absolute Gasteiger partial charge is 0.148 e. The number of hydrogen-bond donors (Lipinski definition) is 0. The van der Waals surface area contributed by atoms with E-state index in [4.69, 9.17) is 15.3 Å². The molecule has 0 radical (unpaired) electrons. The van der Waals surface area contributed by atoms with Gasteiger partial charge in [-0.15, -0.1) is 0 Å². The number of halogens is 1. The van der Waals surface area contributed by atoms with E-state index in [0.717, 1.165) is 5.56 Å². The first-order chi connectivity index (χ1) is 9.17. The Bertz CT molecular complexity index is 711. The summed E-state index contributed by atoms with van der Waals surface area (Å²) in [7, 11) is 0. The van der Waals surface area contributed by atoms with Gasteiger partial charge in [0.15, 0.2) is 0 Å². The van der Waals surface area contributed by atoms with Crippen molar-refractivity contribution in [1.29, 1.82) is 10.5 Å². The zero-order valence-corrected chi connectivity index (χ0v) is 10.1. The minimum Gasteiger partial charge on any atom is -0.454 e. The van der Waals surface area contributed by atoms with Gasteiger partial charge in [0, 0.05) is 0 Å². The standard InChI is InChI=1S/C15H9FN2O/c1-10-4-2-5-11(8-17)15(10)19-14-7-3-6-13(16)12(14)9-18/h2-7H,1H3. The summed E-state index contributed by atoms with van der Waals surface area (Å²) in [5.41, 5.74) is 0.912. The van der Waals surface area contributed by atoms with E-state index in [1.165, 1.54) is 18.2 Å². The summed E-state index contributed by atoms with van der Waals surface area (Å²) in [6.07, 6.45) is 0. The lowest BCUT2D eigenvalue weighted by Gasteiger charge is -2.11. The van der Waals surface area contributed by atoms with Crippen LogP contribution >= 0.6 is 0 Å². The van der Waals surface area contributed by atoms with Gasteiger partial charge in [0.1, 0.15) is 35.0 Å². The van der Waals surface area contributed by atoms with Crippen LogP contribution in [0.1, 0.15) is 16.7 Å². The molecular weight excluding hydrogens is 243 g/mol. The molecule has 0 atom stereocenters. The van der Waals surface area contributed by atoms with Crippen LogP contribution in [0.15, 0.2) is 36.4 Å². The van der Waals surface area contributed by atoms with Crippen LogP contribution in [0.2, 0.25) is 0 Å². The Morgan fingerprint density at radius 3 is 2.47 bits per heavy atom. The third-order valence-electron chi connectivity index (χ3n) is 2.63. The van der Waals surface area contributed by atoms with Crippen LogP contribution in [-0.4, -0.2) is 0 Å². The molecule has 19 heavy (non-hydrogen) atoms. The molecule has 0 aliphatic rings. The molecule has 0 saturated heterocycles. The molecule has 3 nitrogen and oxygen atoms in total. The van der Waals surface area contributed by atoms with Gasteiger partial charge in [0.2, 0.25) is 0 Å². The molecule has 0 bridgehead atoms. The Labute approximate surface area is 110 Å². The van der Waals surface area contributed by atoms with Gasteiger partial charge in [-0.25, -0.2) is 4.39 Å². The number of nitriles is 2. The molecule has 0 saturated carbocycles. The monoisotopic (exact) mass is 252 g/mol. The second kappa shape index (κ2) is 5.20. The Hall–Kier alpha value is -2.85. The molecule has 0 heterocycles. The summed E-state index contributed by atoms with van der Waals surface area (Å²) in [5, 5.41) is 18.0.